The van der Waals surface area contributed by atoms with Crippen molar-refractivity contribution in [3.63, 3.8) is 0 Å². The summed E-state index contributed by atoms with van der Waals surface area (Å²) in [4.78, 5) is 19.3. The number of amides is 1. The topological polar surface area (TPSA) is 59.7 Å². The highest BCUT2D eigenvalue weighted by atomic mass is 16.5. The SMILES string of the molecule is O=C(c1cnn2cccnc12)N1CCC[C@@]2(C1)OCc1ccccc12. The zero-order chi connectivity index (χ0) is 16.9. The van der Waals surface area contributed by atoms with E-state index in [-0.39, 0.29) is 11.5 Å². The molecule has 2 aliphatic rings. The number of carbonyl (C=O) groups is 1. The van der Waals surface area contributed by atoms with Gasteiger partial charge < -0.3 is 9.64 Å². The minimum Gasteiger partial charge on any atom is -0.364 e. The van der Waals surface area contributed by atoms with Gasteiger partial charge in [-0.05, 0) is 30.0 Å². The van der Waals surface area contributed by atoms with E-state index < -0.39 is 0 Å². The molecule has 4 heterocycles. The van der Waals surface area contributed by atoms with Crippen LogP contribution in [0.15, 0.2) is 48.9 Å². The van der Waals surface area contributed by atoms with E-state index in [4.69, 9.17) is 4.74 Å². The number of rotatable bonds is 1. The van der Waals surface area contributed by atoms with Gasteiger partial charge in [0.25, 0.3) is 5.91 Å². The maximum atomic E-state index is 13.1. The van der Waals surface area contributed by atoms with Crippen LogP contribution in [0.25, 0.3) is 5.65 Å². The summed E-state index contributed by atoms with van der Waals surface area (Å²) in [5, 5.41) is 4.23. The van der Waals surface area contributed by atoms with Gasteiger partial charge in [-0.25, -0.2) is 9.50 Å². The Balaban J connectivity index is 1.48. The molecule has 0 aliphatic carbocycles. The molecular formula is C19H18N4O2. The first-order chi connectivity index (χ1) is 12.3. The molecule has 6 heteroatoms. The van der Waals surface area contributed by atoms with E-state index in [2.05, 4.69) is 22.2 Å². The lowest BCUT2D eigenvalue weighted by Crippen LogP contribution is -2.48. The maximum absolute atomic E-state index is 13.1. The fraction of sp³-hybridized carbons (Fsp3) is 0.316. The molecule has 1 saturated heterocycles. The van der Waals surface area contributed by atoms with Crippen LogP contribution in [0.5, 0.6) is 0 Å². The van der Waals surface area contributed by atoms with Gasteiger partial charge in [0, 0.05) is 18.9 Å². The van der Waals surface area contributed by atoms with E-state index in [0.29, 0.717) is 24.4 Å². The van der Waals surface area contributed by atoms with Crippen LogP contribution in [0.3, 0.4) is 0 Å². The van der Waals surface area contributed by atoms with Crippen molar-refractivity contribution in [1.29, 1.82) is 0 Å². The Morgan fingerprint density at radius 2 is 2.16 bits per heavy atom. The second-order valence-electron chi connectivity index (χ2n) is 6.72. The third kappa shape index (κ3) is 2.17. The number of hydrogen-bond donors (Lipinski definition) is 0. The number of ether oxygens (including phenoxy) is 1. The number of carbonyl (C=O) groups excluding carboxylic acids is 1. The molecule has 0 radical (unpaired) electrons. The van der Waals surface area contributed by atoms with E-state index in [9.17, 15) is 4.79 Å². The molecule has 5 rings (SSSR count). The van der Waals surface area contributed by atoms with E-state index in [1.54, 1.807) is 29.2 Å². The van der Waals surface area contributed by atoms with Crippen LogP contribution < -0.4 is 0 Å². The van der Waals surface area contributed by atoms with Gasteiger partial charge in [-0.3, -0.25) is 4.79 Å². The van der Waals surface area contributed by atoms with Crippen molar-refractivity contribution in [3.05, 3.63) is 65.6 Å². The largest absolute Gasteiger partial charge is 0.364 e. The summed E-state index contributed by atoms with van der Waals surface area (Å²) in [5.74, 6) is -0.0271. The minimum absolute atomic E-state index is 0.0271. The van der Waals surface area contributed by atoms with Crippen LogP contribution in [-0.4, -0.2) is 38.5 Å². The summed E-state index contributed by atoms with van der Waals surface area (Å²) < 4.78 is 7.84. The van der Waals surface area contributed by atoms with Gasteiger partial charge in [-0.15, -0.1) is 0 Å². The average molecular weight is 334 g/mol. The van der Waals surface area contributed by atoms with Crippen molar-refractivity contribution in [2.24, 2.45) is 0 Å². The van der Waals surface area contributed by atoms with Gasteiger partial charge >= 0.3 is 0 Å². The molecule has 126 valence electrons. The third-order valence-electron chi connectivity index (χ3n) is 5.26. The molecule has 3 aromatic rings. The standard InChI is InChI=1S/C19H18N4O2/c24-18(15-11-21-23-10-4-8-20-17(15)23)22-9-3-7-19(13-22)16-6-2-1-5-14(16)12-25-19/h1-2,4-6,8,10-11H,3,7,9,12-13H2/t19-/m0/s1. The Morgan fingerprint density at radius 1 is 1.24 bits per heavy atom. The van der Waals surface area contributed by atoms with Crippen molar-refractivity contribution in [3.8, 4) is 0 Å². The van der Waals surface area contributed by atoms with Crippen molar-refractivity contribution in [1.82, 2.24) is 19.5 Å². The van der Waals surface area contributed by atoms with Gasteiger partial charge in [0.05, 0.1) is 19.3 Å². The predicted molar refractivity (Wildman–Crippen MR) is 91.0 cm³/mol. The lowest BCUT2D eigenvalue weighted by atomic mass is 9.85. The number of fused-ring (bicyclic) bond motifs is 3. The first-order valence-corrected chi connectivity index (χ1v) is 8.57. The molecule has 6 nitrogen and oxygen atoms in total. The molecule has 1 fully saturated rings. The number of likely N-dealkylation sites (tertiary alicyclic amines) is 1. The van der Waals surface area contributed by atoms with Gasteiger partial charge in [-0.2, -0.15) is 5.10 Å². The highest BCUT2D eigenvalue weighted by Gasteiger charge is 2.44. The number of piperidine rings is 1. The summed E-state index contributed by atoms with van der Waals surface area (Å²) in [6.07, 6.45) is 6.96. The van der Waals surface area contributed by atoms with Crippen LogP contribution in [0.2, 0.25) is 0 Å². The third-order valence-corrected chi connectivity index (χ3v) is 5.26. The molecule has 25 heavy (non-hydrogen) atoms. The van der Waals surface area contributed by atoms with Crippen LogP contribution in [0.4, 0.5) is 0 Å². The van der Waals surface area contributed by atoms with Crippen molar-refractivity contribution in [2.45, 2.75) is 25.0 Å². The Bertz CT molecular complexity index is 963. The molecule has 0 saturated carbocycles. The molecular weight excluding hydrogens is 316 g/mol. The van der Waals surface area contributed by atoms with Crippen LogP contribution in [0, 0.1) is 0 Å². The number of benzene rings is 1. The lowest BCUT2D eigenvalue weighted by Gasteiger charge is -2.40. The fourth-order valence-electron chi connectivity index (χ4n) is 4.07. The monoisotopic (exact) mass is 334 g/mol. The summed E-state index contributed by atoms with van der Waals surface area (Å²) >= 11 is 0. The van der Waals surface area contributed by atoms with Crippen LogP contribution in [-0.2, 0) is 16.9 Å². The Labute approximate surface area is 145 Å². The van der Waals surface area contributed by atoms with Crippen LogP contribution in [0.1, 0.15) is 34.3 Å². The number of hydrogen-bond acceptors (Lipinski definition) is 4. The summed E-state index contributed by atoms with van der Waals surface area (Å²) in [7, 11) is 0. The van der Waals surface area contributed by atoms with E-state index in [1.165, 1.54) is 11.1 Å². The lowest BCUT2D eigenvalue weighted by molar-refractivity contribution is -0.0785. The van der Waals surface area contributed by atoms with Crippen molar-refractivity contribution in [2.75, 3.05) is 13.1 Å². The number of nitrogens with zero attached hydrogens (tertiary/aromatic N) is 4. The smallest absolute Gasteiger partial charge is 0.259 e. The molecule has 1 aromatic carbocycles. The van der Waals surface area contributed by atoms with Crippen molar-refractivity contribution < 1.29 is 9.53 Å². The minimum atomic E-state index is -0.374. The zero-order valence-electron chi connectivity index (χ0n) is 13.8. The first kappa shape index (κ1) is 14.6. The van der Waals surface area contributed by atoms with Gasteiger partial charge in [0.1, 0.15) is 11.2 Å². The quantitative estimate of drug-likeness (QED) is 0.686. The normalized spacial score (nSPS) is 22.5. The van der Waals surface area contributed by atoms with E-state index in [0.717, 1.165) is 19.4 Å². The molecule has 0 bridgehead atoms. The van der Waals surface area contributed by atoms with E-state index in [1.807, 2.05) is 17.0 Å². The highest BCUT2D eigenvalue weighted by Crippen LogP contribution is 2.43. The molecule has 2 aromatic heterocycles. The Hall–Kier alpha value is -2.73. The molecule has 1 amide bonds. The second kappa shape index (κ2) is 5.39. The summed E-state index contributed by atoms with van der Waals surface area (Å²) in [6.45, 7) is 1.93. The van der Waals surface area contributed by atoms with Crippen LogP contribution >= 0.6 is 0 Å². The first-order valence-electron chi connectivity index (χ1n) is 8.57. The van der Waals surface area contributed by atoms with Gasteiger partial charge in [0.15, 0.2) is 5.65 Å². The molecule has 2 aliphatic heterocycles. The number of aromatic nitrogens is 3. The Kier molecular flexibility index (Phi) is 3.15. The maximum Gasteiger partial charge on any atom is 0.259 e. The highest BCUT2D eigenvalue weighted by molar-refractivity contribution is 5.99. The Morgan fingerprint density at radius 3 is 3.12 bits per heavy atom. The van der Waals surface area contributed by atoms with Gasteiger partial charge in [0.2, 0.25) is 0 Å². The fourth-order valence-corrected chi connectivity index (χ4v) is 4.07. The van der Waals surface area contributed by atoms with Crippen molar-refractivity contribution >= 4 is 11.6 Å². The summed E-state index contributed by atoms with van der Waals surface area (Å²) in [6, 6.07) is 10.1. The van der Waals surface area contributed by atoms with Gasteiger partial charge in [-0.1, -0.05) is 24.3 Å². The molecule has 0 unspecified atom stereocenters. The molecule has 0 N–H and O–H groups in total. The molecule has 1 spiro atoms. The second-order valence-corrected chi connectivity index (χ2v) is 6.72. The molecule has 1 atom stereocenters. The zero-order valence-corrected chi connectivity index (χ0v) is 13.8. The average Bonchev–Trinajstić information content (AvgIpc) is 3.24. The van der Waals surface area contributed by atoms with E-state index >= 15 is 0 Å². The summed E-state index contributed by atoms with van der Waals surface area (Å²) in [5.41, 5.74) is 3.23. The predicted octanol–water partition coefficient (Wildman–Crippen LogP) is 2.39.